The minimum Gasteiger partial charge on any atom is -0.375 e. The van der Waals surface area contributed by atoms with Gasteiger partial charge in [-0.2, -0.15) is 0 Å². The van der Waals surface area contributed by atoms with E-state index in [0.29, 0.717) is 29.9 Å². The summed E-state index contributed by atoms with van der Waals surface area (Å²) in [6.07, 6.45) is 6.43. The second kappa shape index (κ2) is 8.10. The molecule has 3 N–H and O–H groups in total. The molecule has 0 saturated carbocycles. The predicted octanol–water partition coefficient (Wildman–Crippen LogP) is 3.61. The molecule has 33 heavy (non-hydrogen) atoms. The maximum atomic E-state index is 15.7. The van der Waals surface area contributed by atoms with Crippen molar-refractivity contribution in [2.45, 2.75) is 0 Å². The Balaban J connectivity index is 1.56. The number of nitrogens with two attached hydrogens (primary N) is 1. The number of benzene rings is 2. The molecule has 2 aromatic carbocycles. The average Bonchev–Trinajstić information content (AvgIpc) is 3.15. The first-order valence-corrected chi connectivity index (χ1v) is 11.0. The van der Waals surface area contributed by atoms with Crippen molar-refractivity contribution in [2.75, 3.05) is 30.3 Å². The molecule has 0 atom stereocenters. The lowest BCUT2D eigenvalue weighted by Gasteiger charge is -2.39. The molecule has 166 valence electrons. The van der Waals surface area contributed by atoms with Crippen LogP contribution in [0.3, 0.4) is 0 Å². The highest BCUT2D eigenvalue weighted by atomic mass is 35.5. The summed E-state index contributed by atoms with van der Waals surface area (Å²) >= 11 is 7.50. The predicted molar refractivity (Wildman–Crippen MR) is 125 cm³/mol. The molecule has 0 bridgehead atoms. The van der Waals surface area contributed by atoms with Gasteiger partial charge in [-0.05, 0) is 18.2 Å². The number of carbonyl (C=O) groups is 1. The van der Waals surface area contributed by atoms with Gasteiger partial charge in [0.15, 0.2) is 10.9 Å². The molecule has 1 fully saturated rings. The van der Waals surface area contributed by atoms with Crippen molar-refractivity contribution in [3.63, 3.8) is 0 Å². The normalized spacial score (nSPS) is 13.8. The third-order valence-corrected chi connectivity index (χ3v) is 6.69. The second-order valence-electron chi connectivity index (χ2n) is 7.49. The molecule has 2 aromatic heterocycles. The van der Waals surface area contributed by atoms with E-state index in [1.165, 1.54) is 18.5 Å². The van der Waals surface area contributed by atoms with Crippen molar-refractivity contribution in [1.82, 2.24) is 20.3 Å². The lowest BCUT2D eigenvalue weighted by Crippen LogP contribution is -2.54. The SMILES string of the molecule is C#CCNC(=O)C1CN(c2ncnc3c(F)c(-c4ccc(F)c5sc(N)nc45)c(Cl)cc23)C1. The molecule has 0 aliphatic carbocycles. The Morgan fingerprint density at radius 3 is 2.88 bits per heavy atom. The third kappa shape index (κ3) is 3.50. The molecule has 4 aromatic rings. The van der Waals surface area contributed by atoms with Crippen molar-refractivity contribution in [2.24, 2.45) is 5.92 Å². The second-order valence-corrected chi connectivity index (χ2v) is 8.93. The van der Waals surface area contributed by atoms with Gasteiger partial charge in [0.2, 0.25) is 5.91 Å². The Kier molecular flexibility index (Phi) is 5.23. The number of hydrogen-bond acceptors (Lipinski definition) is 7. The molecule has 0 spiro atoms. The zero-order valence-electron chi connectivity index (χ0n) is 16.9. The van der Waals surface area contributed by atoms with Crippen LogP contribution in [0.5, 0.6) is 0 Å². The van der Waals surface area contributed by atoms with Crippen molar-refractivity contribution in [1.29, 1.82) is 0 Å². The number of halogens is 3. The molecular formula is C22H15ClF2N6OS. The summed E-state index contributed by atoms with van der Waals surface area (Å²) < 4.78 is 30.2. The number of amides is 1. The number of hydrogen-bond donors (Lipinski definition) is 2. The summed E-state index contributed by atoms with van der Waals surface area (Å²) in [7, 11) is 0. The van der Waals surface area contributed by atoms with Crippen molar-refractivity contribution < 1.29 is 13.6 Å². The van der Waals surface area contributed by atoms with Crippen LogP contribution in [-0.2, 0) is 4.79 Å². The van der Waals surface area contributed by atoms with Gasteiger partial charge in [-0.1, -0.05) is 28.9 Å². The highest BCUT2D eigenvalue weighted by Gasteiger charge is 2.34. The number of nitrogen functional groups attached to an aromatic ring is 1. The fourth-order valence-corrected chi connectivity index (χ4v) is 4.97. The van der Waals surface area contributed by atoms with Crippen LogP contribution in [0.15, 0.2) is 24.5 Å². The average molecular weight is 485 g/mol. The standard InChI is InChI=1S/C22H15ClF2N6OS/c1-2-5-27-21(32)10-7-31(8-10)20-12-6-13(23)15(16(25)17(12)28-9-29-20)11-3-4-14(24)19-18(11)30-22(26)33-19/h1,3-4,6,9-10H,5,7-8H2,(H2,26,30)(H,27,32). The van der Waals surface area contributed by atoms with E-state index in [4.69, 9.17) is 23.8 Å². The summed E-state index contributed by atoms with van der Waals surface area (Å²) in [4.78, 5) is 26.5. The molecule has 1 aliphatic heterocycles. The van der Waals surface area contributed by atoms with E-state index < -0.39 is 11.6 Å². The van der Waals surface area contributed by atoms with E-state index in [9.17, 15) is 9.18 Å². The Bertz CT molecular complexity index is 1480. The summed E-state index contributed by atoms with van der Waals surface area (Å²) in [5, 5.41) is 3.32. The number of thiazole rings is 1. The number of terminal acetylenes is 1. The fraction of sp³-hybridized carbons (Fsp3) is 0.182. The first-order chi connectivity index (χ1) is 15.9. The summed E-state index contributed by atoms with van der Waals surface area (Å²) in [5.74, 6) is 1.27. The highest BCUT2D eigenvalue weighted by molar-refractivity contribution is 7.22. The van der Waals surface area contributed by atoms with E-state index in [2.05, 4.69) is 26.2 Å². The van der Waals surface area contributed by atoms with Gasteiger partial charge in [-0.3, -0.25) is 4.79 Å². The number of carbonyl (C=O) groups excluding carboxylic acids is 1. The summed E-state index contributed by atoms with van der Waals surface area (Å²) in [6.45, 7) is 0.969. The number of aromatic nitrogens is 3. The van der Waals surface area contributed by atoms with Gasteiger partial charge in [0.05, 0.1) is 27.7 Å². The molecule has 0 radical (unpaired) electrons. The van der Waals surface area contributed by atoms with E-state index >= 15 is 4.39 Å². The summed E-state index contributed by atoms with van der Waals surface area (Å²) in [5.41, 5.74) is 6.42. The Morgan fingerprint density at radius 2 is 2.12 bits per heavy atom. The quantitative estimate of drug-likeness (QED) is 0.429. The van der Waals surface area contributed by atoms with E-state index in [1.807, 2.05) is 4.90 Å². The van der Waals surface area contributed by atoms with Gasteiger partial charge < -0.3 is 16.0 Å². The highest BCUT2D eigenvalue weighted by Crippen LogP contribution is 2.42. The lowest BCUT2D eigenvalue weighted by atomic mass is 9.97. The van der Waals surface area contributed by atoms with Crippen LogP contribution in [0.2, 0.25) is 5.02 Å². The molecule has 1 amide bonds. The Morgan fingerprint density at radius 1 is 1.33 bits per heavy atom. The molecule has 11 heteroatoms. The smallest absolute Gasteiger partial charge is 0.227 e. The molecule has 3 heterocycles. The number of nitrogens with one attached hydrogen (secondary N) is 1. The first kappa shape index (κ1) is 21.3. The number of anilines is 2. The van der Waals surface area contributed by atoms with Crippen LogP contribution < -0.4 is 16.0 Å². The molecular weight excluding hydrogens is 470 g/mol. The van der Waals surface area contributed by atoms with E-state index in [0.717, 1.165) is 11.3 Å². The first-order valence-electron chi connectivity index (χ1n) is 9.82. The van der Waals surface area contributed by atoms with E-state index in [-0.39, 0.29) is 49.8 Å². The van der Waals surface area contributed by atoms with Gasteiger partial charge in [-0.25, -0.2) is 23.7 Å². The van der Waals surface area contributed by atoms with Gasteiger partial charge in [0.25, 0.3) is 0 Å². The van der Waals surface area contributed by atoms with Crippen LogP contribution in [0.1, 0.15) is 0 Å². The zero-order valence-corrected chi connectivity index (χ0v) is 18.5. The molecule has 1 aliphatic rings. The number of fused-ring (bicyclic) bond motifs is 2. The Hall–Kier alpha value is -3.55. The van der Waals surface area contributed by atoms with Crippen LogP contribution in [0, 0.1) is 29.9 Å². The largest absolute Gasteiger partial charge is 0.375 e. The topological polar surface area (TPSA) is 97.0 Å². The van der Waals surface area contributed by atoms with Crippen LogP contribution in [0.25, 0.3) is 32.2 Å². The van der Waals surface area contributed by atoms with Gasteiger partial charge in [-0.15, -0.1) is 6.42 Å². The Labute approximate surface area is 195 Å². The minimum absolute atomic E-state index is 0.0549. The molecule has 5 rings (SSSR count). The monoisotopic (exact) mass is 484 g/mol. The number of rotatable bonds is 4. The van der Waals surface area contributed by atoms with Crippen LogP contribution in [0.4, 0.5) is 19.7 Å². The number of nitrogens with zero attached hydrogens (tertiary/aromatic N) is 4. The van der Waals surface area contributed by atoms with Crippen molar-refractivity contribution in [3.05, 3.63) is 41.2 Å². The molecule has 7 nitrogen and oxygen atoms in total. The minimum atomic E-state index is -0.676. The molecule has 1 saturated heterocycles. The zero-order chi connectivity index (χ0) is 23.3. The van der Waals surface area contributed by atoms with Gasteiger partial charge in [0, 0.05) is 29.6 Å². The van der Waals surface area contributed by atoms with Crippen LogP contribution in [-0.4, -0.2) is 40.5 Å². The maximum absolute atomic E-state index is 15.7. The van der Waals surface area contributed by atoms with Crippen LogP contribution >= 0.6 is 22.9 Å². The van der Waals surface area contributed by atoms with Crippen molar-refractivity contribution in [3.8, 4) is 23.5 Å². The molecule has 0 unspecified atom stereocenters. The van der Waals surface area contributed by atoms with Crippen molar-refractivity contribution >= 4 is 60.9 Å². The van der Waals surface area contributed by atoms with E-state index in [1.54, 1.807) is 6.07 Å². The van der Waals surface area contributed by atoms with Gasteiger partial charge >= 0.3 is 0 Å². The fourth-order valence-electron chi connectivity index (χ4n) is 3.91. The third-order valence-electron chi connectivity index (χ3n) is 5.50. The summed E-state index contributed by atoms with van der Waals surface area (Å²) in [6, 6.07) is 4.22. The maximum Gasteiger partial charge on any atom is 0.227 e. The lowest BCUT2D eigenvalue weighted by molar-refractivity contribution is -0.125. The van der Waals surface area contributed by atoms with Gasteiger partial charge in [0.1, 0.15) is 23.5 Å².